The van der Waals surface area contributed by atoms with Gasteiger partial charge in [-0.3, -0.25) is 0 Å². The highest BCUT2D eigenvalue weighted by molar-refractivity contribution is 6.11. The molecule has 1 aliphatic heterocycles. The van der Waals surface area contributed by atoms with Crippen LogP contribution in [-0.2, 0) is 6.42 Å². The van der Waals surface area contributed by atoms with Gasteiger partial charge in [0.1, 0.15) is 11.3 Å². The summed E-state index contributed by atoms with van der Waals surface area (Å²) in [5, 5.41) is 3.69. The van der Waals surface area contributed by atoms with Crippen molar-refractivity contribution in [2.75, 3.05) is 9.80 Å². The van der Waals surface area contributed by atoms with Crippen LogP contribution in [0.25, 0.3) is 50.1 Å². The molecule has 0 spiro atoms. The molecular formula is C53H40N2O. The van der Waals surface area contributed by atoms with Crippen LogP contribution in [0.15, 0.2) is 198 Å². The van der Waals surface area contributed by atoms with E-state index in [1.54, 1.807) is 0 Å². The normalized spacial score (nSPS) is 17.0. The van der Waals surface area contributed by atoms with E-state index in [0.29, 0.717) is 5.92 Å². The molecule has 0 fully saturated rings. The minimum atomic E-state index is 0.245. The quantitative estimate of drug-likeness (QED) is 0.170. The van der Waals surface area contributed by atoms with E-state index in [1.165, 1.54) is 72.3 Å². The molecule has 0 saturated carbocycles. The predicted molar refractivity (Wildman–Crippen MR) is 234 cm³/mol. The summed E-state index contributed by atoms with van der Waals surface area (Å²) in [6, 6.07) is 59.7. The largest absolute Gasteiger partial charge is 0.460 e. The average Bonchev–Trinajstić information content (AvgIpc) is 3.80. The van der Waals surface area contributed by atoms with Crippen molar-refractivity contribution in [1.82, 2.24) is 0 Å². The van der Waals surface area contributed by atoms with E-state index in [2.05, 4.69) is 205 Å². The van der Waals surface area contributed by atoms with Crippen LogP contribution in [0.1, 0.15) is 36.1 Å². The van der Waals surface area contributed by atoms with Gasteiger partial charge in [0, 0.05) is 46.0 Å². The fourth-order valence-electron chi connectivity index (χ4n) is 9.21. The Balaban J connectivity index is 1.05. The Morgan fingerprint density at radius 3 is 2.21 bits per heavy atom. The van der Waals surface area contributed by atoms with Gasteiger partial charge < -0.3 is 14.2 Å². The van der Waals surface area contributed by atoms with E-state index in [0.717, 1.165) is 35.6 Å². The Bertz CT molecular complexity index is 2880. The Labute approximate surface area is 327 Å². The van der Waals surface area contributed by atoms with Crippen molar-refractivity contribution in [1.29, 1.82) is 0 Å². The SMILES string of the molecule is CC1C=Cc2c(oc3ccc4cc(-c5ccc(N(C6=C7C(CC=C6)c6ccccc6N7c6ccccc6)c6cccc(-c7ccccc7)c6)cc5)ccc4c23)C1. The number of rotatable bonds is 6. The number of para-hydroxylation sites is 2. The Kier molecular flexibility index (Phi) is 7.67. The molecule has 0 saturated heterocycles. The molecule has 8 aromatic rings. The zero-order valence-corrected chi connectivity index (χ0v) is 31.3. The van der Waals surface area contributed by atoms with Crippen molar-refractivity contribution in [2.24, 2.45) is 5.92 Å². The first-order valence-corrected chi connectivity index (χ1v) is 19.8. The van der Waals surface area contributed by atoms with Crippen molar-refractivity contribution in [3.8, 4) is 22.3 Å². The molecule has 7 aromatic carbocycles. The van der Waals surface area contributed by atoms with E-state index < -0.39 is 0 Å². The number of hydrogen-bond acceptors (Lipinski definition) is 3. The van der Waals surface area contributed by atoms with Crippen LogP contribution >= 0.6 is 0 Å². The molecule has 0 radical (unpaired) electrons. The van der Waals surface area contributed by atoms with Gasteiger partial charge in [0.05, 0.1) is 11.4 Å². The zero-order valence-electron chi connectivity index (χ0n) is 31.3. The summed E-state index contributed by atoms with van der Waals surface area (Å²) in [5.41, 5.74) is 15.5. The van der Waals surface area contributed by atoms with Gasteiger partial charge in [-0.1, -0.05) is 134 Å². The van der Waals surface area contributed by atoms with Gasteiger partial charge >= 0.3 is 0 Å². The van der Waals surface area contributed by atoms with Crippen LogP contribution in [0.5, 0.6) is 0 Å². The summed E-state index contributed by atoms with van der Waals surface area (Å²) in [4.78, 5) is 4.95. The number of allylic oxidation sites excluding steroid dienone is 4. The molecule has 0 bridgehead atoms. The third-order valence-electron chi connectivity index (χ3n) is 11.8. The molecule has 1 aromatic heterocycles. The first-order valence-electron chi connectivity index (χ1n) is 19.8. The topological polar surface area (TPSA) is 19.6 Å². The molecule has 2 atom stereocenters. The lowest BCUT2D eigenvalue weighted by molar-refractivity contribution is 0.513. The van der Waals surface area contributed by atoms with E-state index in [-0.39, 0.29) is 5.92 Å². The van der Waals surface area contributed by atoms with Gasteiger partial charge in [0.2, 0.25) is 0 Å². The third-order valence-corrected chi connectivity index (χ3v) is 11.8. The number of benzene rings is 7. The maximum atomic E-state index is 6.35. The second kappa shape index (κ2) is 13.2. The minimum absolute atomic E-state index is 0.245. The summed E-state index contributed by atoms with van der Waals surface area (Å²) >= 11 is 0. The number of nitrogens with zero attached hydrogens (tertiary/aromatic N) is 2. The second-order valence-corrected chi connectivity index (χ2v) is 15.3. The molecule has 268 valence electrons. The smallest absolute Gasteiger partial charge is 0.135 e. The van der Waals surface area contributed by atoms with Crippen LogP contribution in [-0.4, -0.2) is 0 Å². The second-order valence-electron chi connectivity index (χ2n) is 15.3. The van der Waals surface area contributed by atoms with Crippen LogP contribution < -0.4 is 9.80 Å². The number of fused-ring (bicyclic) bond motifs is 8. The van der Waals surface area contributed by atoms with Crippen LogP contribution in [0.4, 0.5) is 22.7 Å². The van der Waals surface area contributed by atoms with Gasteiger partial charge in [-0.15, -0.1) is 0 Å². The Morgan fingerprint density at radius 1 is 0.625 bits per heavy atom. The average molecular weight is 721 g/mol. The molecule has 3 aliphatic rings. The molecule has 2 heterocycles. The molecular weight excluding hydrogens is 681 g/mol. The maximum absolute atomic E-state index is 6.35. The molecule has 2 aliphatic carbocycles. The summed E-state index contributed by atoms with van der Waals surface area (Å²) in [5.74, 6) is 1.84. The fourth-order valence-corrected chi connectivity index (χ4v) is 9.21. The van der Waals surface area contributed by atoms with Gasteiger partial charge in [-0.05, 0) is 112 Å². The van der Waals surface area contributed by atoms with Crippen molar-refractivity contribution < 1.29 is 4.42 Å². The lowest BCUT2D eigenvalue weighted by Gasteiger charge is -2.34. The third kappa shape index (κ3) is 5.34. The number of anilines is 4. The lowest BCUT2D eigenvalue weighted by Crippen LogP contribution is -2.25. The molecule has 3 nitrogen and oxygen atoms in total. The van der Waals surface area contributed by atoms with E-state index in [1.807, 2.05) is 0 Å². The van der Waals surface area contributed by atoms with Gasteiger partial charge in [0.25, 0.3) is 0 Å². The van der Waals surface area contributed by atoms with Gasteiger partial charge in [0.15, 0.2) is 0 Å². The molecule has 56 heavy (non-hydrogen) atoms. The van der Waals surface area contributed by atoms with Crippen molar-refractivity contribution in [2.45, 2.75) is 25.7 Å². The van der Waals surface area contributed by atoms with Crippen molar-refractivity contribution in [3.05, 3.63) is 210 Å². The highest BCUT2D eigenvalue weighted by atomic mass is 16.3. The summed E-state index contributed by atoms with van der Waals surface area (Å²) in [6.07, 6.45) is 11.2. The first-order chi connectivity index (χ1) is 27.7. The molecule has 0 N–H and O–H groups in total. The predicted octanol–water partition coefficient (Wildman–Crippen LogP) is 14.4. The van der Waals surface area contributed by atoms with Crippen molar-refractivity contribution in [3.63, 3.8) is 0 Å². The van der Waals surface area contributed by atoms with Crippen LogP contribution in [0, 0.1) is 5.92 Å². The molecule has 2 unspecified atom stereocenters. The molecule has 0 amide bonds. The molecule has 3 heteroatoms. The monoisotopic (exact) mass is 720 g/mol. The van der Waals surface area contributed by atoms with E-state index >= 15 is 0 Å². The minimum Gasteiger partial charge on any atom is -0.460 e. The molecule has 11 rings (SSSR count). The zero-order chi connectivity index (χ0) is 37.2. The van der Waals surface area contributed by atoms with Crippen LogP contribution in [0.2, 0.25) is 0 Å². The standard InChI is InChI=1S/C53H40N2O/c1-35-22-29-47-51(32-35)56-50-31-26-40-33-39(25-30-44(40)52(47)50)37-23-27-42(28-24-37)54(43-17-10-14-38(34-43)36-12-4-2-5-13-36)49-21-11-19-46-45-18-8-9-20-48(45)55(53(46)49)41-15-6-3-7-16-41/h2-18,20-31,33-35,46H,19,32H2,1H3. The first kappa shape index (κ1) is 32.6. The van der Waals surface area contributed by atoms with Crippen molar-refractivity contribution >= 4 is 50.6 Å². The highest BCUT2D eigenvalue weighted by Gasteiger charge is 2.39. The summed E-state index contributed by atoms with van der Waals surface area (Å²) in [6.45, 7) is 2.25. The van der Waals surface area contributed by atoms with Gasteiger partial charge in [-0.25, -0.2) is 0 Å². The fraction of sp³-hybridized carbons (Fsp3) is 0.0943. The lowest BCUT2D eigenvalue weighted by atomic mass is 9.90. The van der Waals surface area contributed by atoms with Crippen LogP contribution in [0.3, 0.4) is 0 Å². The van der Waals surface area contributed by atoms with Gasteiger partial charge in [-0.2, -0.15) is 0 Å². The van der Waals surface area contributed by atoms with E-state index in [9.17, 15) is 0 Å². The summed E-state index contributed by atoms with van der Waals surface area (Å²) in [7, 11) is 0. The highest BCUT2D eigenvalue weighted by Crippen LogP contribution is 2.53. The Hall–Kier alpha value is -6.84. The van der Waals surface area contributed by atoms with E-state index in [4.69, 9.17) is 4.42 Å². The summed E-state index contributed by atoms with van der Waals surface area (Å²) < 4.78 is 6.35. The number of furan rings is 1. The maximum Gasteiger partial charge on any atom is 0.135 e. The number of hydrogen-bond donors (Lipinski definition) is 0. The Morgan fingerprint density at radius 2 is 1.36 bits per heavy atom.